The second-order valence-electron chi connectivity index (χ2n) is 4.85. The first-order valence-corrected chi connectivity index (χ1v) is 6.89. The lowest BCUT2D eigenvalue weighted by Crippen LogP contribution is -1.99. The van der Waals surface area contributed by atoms with Crippen LogP contribution < -0.4 is 0 Å². The van der Waals surface area contributed by atoms with Gasteiger partial charge in [0.15, 0.2) is 0 Å². The predicted octanol–water partition coefficient (Wildman–Crippen LogP) is 2.79. The number of aromatic nitrogens is 4. The fraction of sp³-hybridized carbons (Fsp3) is 0.125. The molecule has 2 aromatic carbocycles. The van der Waals surface area contributed by atoms with Gasteiger partial charge in [0.1, 0.15) is 0 Å². The number of carboxylic acid groups (broad SMARTS) is 1. The Bertz CT molecular complexity index is 813. The molecule has 0 spiro atoms. The minimum atomic E-state index is -0.986. The topological polar surface area (TPSA) is 91.8 Å². The maximum atomic E-state index is 11.4. The van der Waals surface area contributed by atoms with Crippen LogP contribution in [-0.2, 0) is 6.42 Å². The van der Waals surface area contributed by atoms with E-state index < -0.39 is 5.97 Å². The molecule has 0 saturated carbocycles. The van der Waals surface area contributed by atoms with Crippen LogP contribution in [0.15, 0.2) is 42.5 Å². The molecule has 1 heterocycles. The number of benzene rings is 2. The first-order chi connectivity index (χ1) is 10.7. The monoisotopic (exact) mass is 294 g/mol. The molecular formula is C16H14N4O2. The Hall–Kier alpha value is -3.02. The van der Waals surface area contributed by atoms with Gasteiger partial charge in [-0.1, -0.05) is 31.2 Å². The molecule has 110 valence electrons. The lowest BCUT2D eigenvalue weighted by molar-refractivity contribution is 0.0697. The third-order valence-corrected chi connectivity index (χ3v) is 3.49. The van der Waals surface area contributed by atoms with E-state index in [1.165, 1.54) is 0 Å². The van der Waals surface area contributed by atoms with E-state index in [-0.39, 0.29) is 5.56 Å². The summed E-state index contributed by atoms with van der Waals surface area (Å²) >= 11 is 0. The molecule has 0 radical (unpaired) electrons. The highest BCUT2D eigenvalue weighted by atomic mass is 16.4. The number of aromatic carboxylic acids is 1. The number of H-pyrrole nitrogens is 1. The fourth-order valence-corrected chi connectivity index (χ4v) is 2.43. The van der Waals surface area contributed by atoms with Crippen LogP contribution in [-0.4, -0.2) is 31.7 Å². The first-order valence-electron chi connectivity index (χ1n) is 6.89. The van der Waals surface area contributed by atoms with Gasteiger partial charge in [-0.3, -0.25) is 0 Å². The molecule has 0 saturated heterocycles. The van der Waals surface area contributed by atoms with E-state index in [2.05, 4.69) is 27.5 Å². The Morgan fingerprint density at radius 3 is 2.64 bits per heavy atom. The van der Waals surface area contributed by atoms with Gasteiger partial charge in [-0.2, -0.15) is 5.21 Å². The standard InChI is InChI=1S/C16H14N4O2/c1-2-10-5-3-4-6-14(10)11-7-12(15-17-19-20-18-15)9-13(8-11)16(21)22/h3-9H,2H2,1H3,(H,21,22)(H,17,18,19,20). The molecule has 0 fully saturated rings. The van der Waals surface area contributed by atoms with E-state index in [1.807, 2.05) is 30.3 Å². The van der Waals surface area contributed by atoms with Crippen LogP contribution >= 0.6 is 0 Å². The molecule has 6 heteroatoms. The van der Waals surface area contributed by atoms with E-state index in [0.717, 1.165) is 23.1 Å². The van der Waals surface area contributed by atoms with Gasteiger partial charge in [0, 0.05) is 5.56 Å². The van der Waals surface area contributed by atoms with E-state index in [1.54, 1.807) is 12.1 Å². The molecule has 0 aliphatic carbocycles. The Morgan fingerprint density at radius 2 is 1.95 bits per heavy atom. The number of tetrazole rings is 1. The molecule has 6 nitrogen and oxygen atoms in total. The Morgan fingerprint density at radius 1 is 1.18 bits per heavy atom. The van der Waals surface area contributed by atoms with Crippen molar-refractivity contribution >= 4 is 5.97 Å². The number of hydrogen-bond donors (Lipinski definition) is 2. The van der Waals surface area contributed by atoms with Crippen molar-refractivity contribution in [2.45, 2.75) is 13.3 Å². The van der Waals surface area contributed by atoms with Crippen molar-refractivity contribution in [1.29, 1.82) is 0 Å². The van der Waals surface area contributed by atoms with Crippen molar-refractivity contribution in [3.63, 3.8) is 0 Å². The van der Waals surface area contributed by atoms with Crippen molar-refractivity contribution in [3.05, 3.63) is 53.6 Å². The number of carboxylic acids is 1. The Labute approximate surface area is 126 Å². The molecule has 1 aromatic heterocycles. The molecule has 0 amide bonds. The number of rotatable bonds is 4. The number of nitrogens with one attached hydrogen (secondary N) is 1. The fourth-order valence-electron chi connectivity index (χ4n) is 2.43. The minimum Gasteiger partial charge on any atom is -0.478 e. The number of nitrogens with zero attached hydrogens (tertiary/aromatic N) is 3. The molecule has 0 unspecified atom stereocenters. The van der Waals surface area contributed by atoms with Crippen LogP contribution in [0.3, 0.4) is 0 Å². The summed E-state index contributed by atoms with van der Waals surface area (Å²) in [6.07, 6.45) is 0.866. The molecule has 0 aliphatic rings. The van der Waals surface area contributed by atoms with E-state index in [4.69, 9.17) is 0 Å². The molecule has 0 atom stereocenters. The summed E-state index contributed by atoms with van der Waals surface area (Å²) < 4.78 is 0. The third kappa shape index (κ3) is 2.58. The zero-order valence-corrected chi connectivity index (χ0v) is 11.9. The predicted molar refractivity (Wildman–Crippen MR) is 81.4 cm³/mol. The van der Waals surface area contributed by atoms with Gasteiger partial charge in [0.2, 0.25) is 5.82 Å². The van der Waals surface area contributed by atoms with Crippen molar-refractivity contribution in [1.82, 2.24) is 20.6 Å². The Kier molecular flexibility index (Phi) is 3.65. The van der Waals surface area contributed by atoms with Gasteiger partial charge in [-0.05, 0) is 46.5 Å². The van der Waals surface area contributed by atoms with Crippen LogP contribution in [0.2, 0.25) is 0 Å². The number of hydrogen-bond acceptors (Lipinski definition) is 4. The highest BCUT2D eigenvalue weighted by molar-refractivity contribution is 5.91. The molecule has 0 bridgehead atoms. The summed E-state index contributed by atoms with van der Waals surface area (Å²) in [5, 5.41) is 23.1. The normalized spacial score (nSPS) is 10.6. The lowest BCUT2D eigenvalue weighted by Gasteiger charge is -2.10. The SMILES string of the molecule is CCc1ccccc1-c1cc(C(=O)O)cc(-c2nn[nH]n2)c1. The van der Waals surface area contributed by atoms with Crippen LogP contribution in [0.4, 0.5) is 0 Å². The van der Waals surface area contributed by atoms with Crippen LogP contribution in [0, 0.1) is 0 Å². The molecule has 3 rings (SSSR count). The second kappa shape index (κ2) is 5.77. The summed E-state index contributed by atoms with van der Waals surface area (Å²) in [5.41, 5.74) is 3.82. The average molecular weight is 294 g/mol. The van der Waals surface area contributed by atoms with Gasteiger partial charge < -0.3 is 5.11 Å². The molecule has 22 heavy (non-hydrogen) atoms. The number of aromatic amines is 1. The van der Waals surface area contributed by atoms with Crippen molar-refractivity contribution in [2.75, 3.05) is 0 Å². The second-order valence-corrected chi connectivity index (χ2v) is 4.85. The van der Waals surface area contributed by atoms with Crippen molar-refractivity contribution in [3.8, 4) is 22.5 Å². The first kappa shape index (κ1) is 13.9. The van der Waals surface area contributed by atoms with E-state index in [9.17, 15) is 9.90 Å². The molecule has 3 aromatic rings. The highest BCUT2D eigenvalue weighted by Crippen LogP contribution is 2.29. The maximum absolute atomic E-state index is 11.4. The smallest absolute Gasteiger partial charge is 0.335 e. The van der Waals surface area contributed by atoms with E-state index >= 15 is 0 Å². The quantitative estimate of drug-likeness (QED) is 0.772. The minimum absolute atomic E-state index is 0.197. The lowest BCUT2D eigenvalue weighted by atomic mass is 9.95. The summed E-state index contributed by atoms with van der Waals surface area (Å²) in [6, 6.07) is 13.0. The maximum Gasteiger partial charge on any atom is 0.335 e. The number of aryl methyl sites for hydroxylation is 1. The third-order valence-electron chi connectivity index (χ3n) is 3.49. The van der Waals surface area contributed by atoms with Gasteiger partial charge in [-0.25, -0.2) is 4.79 Å². The van der Waals surface area contributed by atoms with Crippen LogP contribution in [0.25, 0.3) is 22.5 Å². The number of carbonyl (C=O) groups is 1. The van der Waals surface area contributed by atoms with Gasteiger partial charge in [0.25, 0.3) is 0 Å². The largest absolute Gasteiger partial charge is 0.478 e. The van der Waals surface area contributed by atoms with Crippen molar-refractivity contribution in [2.24, 2.45) is 0 Å². The van der Waals surface area contributed by atoms with Crippen LogP contribution in [0.1, 0.15) is 22.8 Å². The van der Waals surface area contributed by atoms with Crippen LogP contribution in [0.5, 0.6) is 0 Å². The molecule has 0 aliphatic heterocycles. The highest BCUT2D eigenvalue weighted by Gasteiger charge is 2.13. The van der Waals surface area contributed by atoms with E-state index in [0.29, 0.717) is 11.4 Å². The van der Waals surface area contributed by atoms with Gasteiger partial charge >= 0.3 is 5.97 Å². The summed E-state index contributed by atoms with van der Waals surface area (Å²) in [7, 11) is 0. The summed E-state index contributed by atoms with van der Waals surface area (Å²) in [4.78, 5) is 11.4. The van der Waals surface area contributed by atoms with Crippen molar-refractivity contribution < 1.29 is 9.90 Å². The molecular weight excluding hydrogens is 280 g/mol. The van der Waals surface area contributed by atoms with Gasteiger partial charge in [-0.15, -0.1) is 10.2 Å². The zero-order chi connectivity index (χ0) is 15.5. The summed E-state index contributed by atoms with van der Waals surface area (Å²) in [5.74, 6) is -0.612. The summed E-state index contributed by atoms with van der Waals surface area (Å²) in [6.45, 7) is 2.07. The molecule has 2 N–H and O–H groups in total. The van der Waals surface area contributed by atoms with Gasteiger partial charge in [0.05, 0.1) is 5.56 Å². The Balaban J connectivity index is 2.21. The average Bonchev–Trinajstić information content (AvgIpc) is 3.09. The zero-order valence-electron chi connectivity index (χ0n) is 11.9.